The summed E-state index contributed by atoms with van der Waals surface area (Å²) in [5.41, 5.74) is -1.11. The lowest BCUT2D eigenvalue weighted by atomic mass is 10.2. The Morgan fingerprint density at radius 3 is 1.82 bits per heavy atom. The molecule has 0 saturated heterocycles. The summed E-state index contributed by atoms with van der Waals surface area (Å²) in [4.78, 5) is 22.4. The Bertz CT molecular complexity index is 344. The molecule has 0 radical (unpaired) electrons. The van der Waals surface area contributed by atoms with E-state index in [0.717, 1.165) is 0 Å². The van der Waals surface area contributed by atoms with Gasteiger partial charge in [-0.05, 0) is 41.5 Å². The summed E-state index contributed by atoms with van der Waals surface area (Å²) >= 11 is 0. The maximum absolute atomic E-state index is 11.2. The van der Waals surface area contributed by atoms with Gasteiger partial charge in [-0.1, -0.05) is 5.92 Å². The zero-order valence-corrected chi connectivity index (χ0v) is 11.3. The van der Waals surface area contributed by atoms with E-state index in [4.69, 9.17) is 9.47 Å². The number of esters is 2. The van der Waals surface area contributed by atoms with Crippen LogP contribution in [0.25, 0.3) is 0 Å². The minimum Gasteiger partial charge on any atom is -0.459 e. The zero-order chi connectivity index (χ0) is 13.7. The van der Waals surface area contributed by atoms with Crippen LogP contribution in [0.3, 0.4) is 0 Å². The predicted molar refractivity (Wildman–Crippen MR) is 64.1 cm³/mol. The molecule has 0 unspecified atom stereocenters. The molecule has 0 saturated carbocycles. The van der Waals surface area contributed by atoms with Crippen molar-refractivity contribution in [1.29, 1.82) is 0 Å². The smallest absolute Gasteiger partial charge is 0.384 e. The van der Waals surface area contributed by atoms with Gasteiger partial charge in [0.2, 0.25) is 0 Å². The van der Waals surface area contributed by atoms with Crippen molar-refractivity contribution in [3.63, 3.8) is 0 Å². The van der Waals surface area contributed by atoms with E-state index < -0.39 is 23.1 Å². The fraction of sp³-hybridized carbons (Fsp3) is 0.692. The molecule has 0 aliphatic heterocycles. The van der Waals surface area contributed by atoms with Gasteiger partial charge in [-0.3, -0.25) is 4.79 Å². The fourth-order valence-corrected chi connectivity index (χ4v) is 0.870. The molecule has 0 amide bonds. The molecule has 0 aromatic carbocycles. The fourth-order valence-electron chi connectivity index (χ4n) is 0.870. The molecule has 96 valence electrons. The highest BCUT2D eigenvalue weighted by Crippen LogP contribution is 2.08. The van der Waals surface area contributed by atoms with Crippen molar-refractivity contribution >= 4 is 11.9 Å². The van der Waals surface area contributed by atoms with Crippen LogP contribution in [-0.2, 0) is 19.1 Å². The number of ether oxygens (including phenoxy) is 2. The van der Waals surface area contributed by atoms with Crippen molar-refractivity contribution in [2.24, 2.45) is 0 Å². The normalized spacial score (nSPS) is 11.2. The van der Waals surface area contributed by atoms with Crippen molar-refractivity contribution in [2.75, 3.05) is 0 Å². The van der Waals surface area contributed by atoms with Gasteiger partial charge in [-0.2, -0.15) is 0 Å². The number of carbonyl (C=O) groups is 2. The van der Waals surface area contributed by atoms with E-state index in [-0.39, 0.29) is 6.42 Å². The van der Waals surface area contributed by atoms with Gasteiger partial charge in [-0.15, -0.1) is 0 Å². The van der Waals surface area contributed by atoms with Crippen molar-refractivity contribution < 1.29 is 19.1 Å². The van der Waals surface area contributed by atoms with Gasteiger partial charge in [0.1, 0.15) is 17.6 Å². The zero-order valence-electron chi connectivity index (χ0n) is 11.3. The molecule has 0 atom stereocenters. The highest BCUT2D eigenvalue weighted by atomic mass is 16.6. The third-order valence-electron chi connectivity index (χ3n) is 1.24. The van der Waals surface area contributed by atoms with Crippen LogP contribution >= 0.6 is 0 Å². The van der Waals surface area contributed by atoms with Gasteiger partial charge in [0.05, 0.1) is 0 Å². The lowest BCUT2D eigenvalue weighted by Gasteiger charge is -2.18. The Kier molecular flexibility index (Phi) is 5.21. The Balaban J connectivity index is 4.13. The number of hydrogen-bond acceptors (Lipinski definition) is 4. The van der Waals surface area contributed by atoms with Crippen LogP contribution in [0.2, 0.25) is 0 Å². The van der Waals surface area contributed by atoms with Crippen LogP contribution in [0.4, 0.5) is 0 Å². The van der Waals surface area contributed by atoms with Crippen molar-refractivity contribution in [2.45, 2.75) is 59.2 Å². The molecular weight excluding hydrogens is 220 g/mol. The third kappa shape index (κ3) is 10.8. The van der Waals surface area contributed by atoms with Crippen molar-refractivity contribution in [3.05, 3.63) is 0 Å². The van der Waals surface area contributed by atoms with Gasteiger partial charge in [0, 0.05) is 5.92 Å². The first-order valence-electron chi connectivity index (χ1n) is 5.43. The topological polar surface area (TPSA) is 52.6 Å². The molecule has 17 heavy (non-hydrogen) atoms. The summed E-state index contributed by atoms with van der Waals surface area (Å²) in [6.07, 6.45) is -0.115. The molecule has 0 rings (SSSR count). The van der Waals surface area contributed by atoms with Crippen LogP contribution < -0.4 is 0 Å². The van der Waals surface area contributed by atoms with Gasteiger partial charge >= 0.3 is 11.9 Å². The summed E-state index contributed by atoms with van der Waals surface area (Å²) in [5.74, 6) is 3.59. The molecule has 0 N–H and O–H groups in total. The second-order valence-electron chi connectivity index (χ2n) is 5.57. The standard InChI is InChI=1S/C13H20O4/c1-12(2,3)16-10(14)8-7-9-11(15)17-13(4,5)6/h8H2,1-6H3. The second-order valence-corrected chi connectivity index (χ2v) is 5.57. The molecule has 0 spiro atoms. The highest BCUT2D eigenvalue weighted by Gasteiger charge is 2.16. The SMILES string of the molecule is CC(C)(C)OC(=O)C#CCC(=O)OC(C)(C)C. The minimum atomic E-state index is -0.638. The highest BCUT2D eigenvalue weighted by molar-refractivity contribution is 5.89. The maximum Gasteiger partial charge on any atom is 0.384 e. The van der Waals surface area contributed by atoms with Crippen LogP contribution in [0, 0.1) is 11.8 Å². The lowest BCUT2D eigenvalue weighted by Crippen LogP contribution is -2.24. The first-order valence-corrected chi connectivity index (χ1v) is 5.43. The molecule has 0 fully saturated rings. The molecule has 0 heterocycles. The van der Waals surface area contributed by atoms with Gasteiger partial charge in [-0.25, -0.2) is 4.79 Å². The summed E-state index contributed by atoms with van der Waals surface area (Å²) < 4.78 is 9.98. The van der Waals surface area contributed by atoms with Gasteiger partial charge < -0.3 is 9.47 Å². The van der Waals surface area contributed by atoms with Crippen molar-refractivity contribution in [1.82, 2.24) is 0 Å². The average Bonchev–Trinajstić information content (AvgIpc) is 1.95. The predicted octanol–water partition coefficient (Wildman–Crippen LogP) is 2.06. The molecule has 4 heteroatoms. The van der Waals surface area contributed by atoms with Gasteiger partial charge in [0.15, 0.2) is 0 Å². The Morgan fingerprint density at radius 2 is 1.41 bits per heavy atom. The monoisotopic (exact) mass is 240 g/mol. The first kappa shape index (κ1) is 15.5. The average molecular weight is 240 g/mol. The largest absolute Gasteiger partial charge is 0.459 e. The van der Waals surface area contributed by atoms with Crippen LogP contribution in [0.1, 0.15) is 48.0 Å². The summed E-state index contributed by atoms with van der Waals surface area (Å²) in [6.45, 7) is 10.6. The summed E-state index contributed by atoms with van der Waals surface area (Å²) in [6, 6.07) is 0. The van der Waals surface area contributed by atoms with E-state index in [9.17, 15) is 9.59 Å². The van der Waals surface area contributed by atoms with E-state index in [1.54, 1.807) is 41.5 Å². The number of hydrogen-bond donors (Lipinski definition) is 0. The molecular formula is C13H20O4. The molecule has 0 aliphatic carbocycles. The minimum absolute atomic E-state index is 0.115. The maximum atomic E-state index is 11.2. The summed E-state index contributed by atoms with van der Waals surface area (Å²) in [7, 11) is 0. The van der Waals surface area contributed by atoms with E-state index in [2.05, 4.69) is 11.8 Å². The van der Waals surface area contributed by atoms with E-state index in [1.165, 1.54) is 0 Å². The Labute approximate surface area is 103 Å². The van der Waals surface area contributed by atoms with Crippen LogP contribution in [0.15, 0.2) is 0 Å². The summed E-state index contributed by atoms with van der Waals surface area (Å²) in [5, 5.41) is 0. The Morgan fingerprint density at radius 1 is 0.941 bits per heavy atom. The van der Waals surface area contributed by atoms with Gasteiger partial charge in [0.25, 0.3) is 0 Å². The van der Waals surface area contributed by atoms with E-state index in [1.807, 2.05) is 0 Å². The third-order valence-corrected chi connectivity index (χ3v) is 1.24. The van der Waals surface area contributed by atoms with Crippen LogP contribution in [0.5, 0.6) is 0 Å². The number of rotatable bonds is 1. The van der Waals surface area contributed by atoms with E-state index >= 15 is 0 Å². The Hall–Kier alpha value is -1.50. The first-order chi connectivity index (χ1) is 7.49. The molecule has 0 aliphatic rings. The lowest BCUT2D eigenvalue weighted by molar-refractivity contribution is -0.153. The molecule has 0 aromatic rings. The van der Waals surface area contributed by atoms with Crippen LogP contribution in [-0.4, -0.2) is 23.1 Å². The molecule has 4 nitrogen and oxygen atoms in total. The second kappa shape index (κ2) is 5.72. The van der Waals surface area contributed by atoms with E-state index in [0.29, 0.717) is 0 Å². The van der Waals surface area contributed by atoms with Crippen molar-refractivity contribution in [3.8, 4) is 11.8 Å². The molecule has 0 aromatic heterocycles. The molecule has 0 bridgehead atoms. The quantitative estimate of drug-likeness (QED) is 0.400. The number of carbonyl (C=O) groups excluding carboxylic acids is 2.